The van der Waals surface area contributed by atoms with Crippen molar-refractivity contribution in [2.75, 3.05) is 0 Å². The van der Waals surface area contributed by atoms with E-state index in [1.165, 1.54) is 0 Å². The molecule has 3 rings (SSSR count). The van der Waals surface area contributed by atoms with Crippen LogP contribution in [0.3, 0.4) is 0 Å². The van der Waals surface area contributed by atoms with Crippen molar-refractivity contribution in [2.45, 2.75) is 18.3 Å². The predicted octanol–water partition coefficient (Wildman–Crippen LogP) is 5.30. The van der Waals surface area contributed by atoms with Crippen molar-refractivity contribution >= 4 is 0 Å². The molecule has 0 unspecified atom stereocenters. The molecule has 0 aromatic heterocycles. The van der Waals surface area contributed by atoms with Gasteiger partial charge in [-0.3, -0.25) is 0 Å². The van der Waals surface area contributed by atoms with Crippen LogP contribution < -0.4 is 0 Å². The number of benzene rings is 3. The largest absolute Gasteiger partial charge is 0.197 e. The third-order valence-corrected chi connectivity index (χ3v) is 4.45. The molecule has 0 fully saturated rings. The second-order valence-electron chi connectivity index (χ2n) is 5.93. The smallest absolute Gasteiger partial charge is 0.0902 e. The topological polar surface area (TPSA) is 23.8 Å². The van der Waals surface area contributed by atoms with E-state index in [4.69, 9.17) is 0 Å². The minimum absolute atomic E-state index is 0.0164. The lowest BCUT2D eigenvalue weighted by Crippen LogP contribution is -2.29. The Hall–Kier alpha value is -2.85. The lowest BCUT2D eigenvalue weighted by Gasteiger charge is -2.33. The average molecular weight is 297 g/mol. The van der Waals surface area contributed by atoms with Crippen LogP contribution in [0.1, 0.15) is 29.5 Å². The number of rotatable bonds is 4. The Morgan fingerprint density at radius 3 is 1.48 bits per heavy atom. The molecule has 0 heterocycles. The van der Waals surface area contributed by atoms with E-state index in [1.54, 1.807) is 0 Å². The molecule has 0 aliphatic rings. The number of nitrogens with zero attached hydrogens (tertiary/aromatic N) is 1. The van der Waals surface area contributed by atoms with Gasteiger partial charge in [0.15, 0.2) is 0 Å². The van der Waals surface area contributed by atoms with E-state index in [2.05, 4.69) is 30.3 Å². The Balaban J connectivity index is 2.21. The van der Waals surface area contributed by atoms with Crippen LogP contribution >= 0.6 is 0 Å². The van der Waals surface area contributed by atoms with Crippen LogP contribution in [0.15, 0.2) is 91.0 Å². The van der Waals surface area contributed by atoms with Crippen LogP contribution in [0.25, 0.3) is 0 Å². The number of hydrogen-bond donors (Lipinski definition) is 0. The Kier molecular flexibility index (Phi) is 4.26. The highest BCUT2D eigenvalue weighted by molar-refractivity contribution is 5.45. The van der Waals surface area contributed by atoms with Crippen molar-refractivity contribution in [1.29, 1.82) is 5.26 Å². The third-order valence-electron chi connectivity index (χ3n) is 4.45. The van der Waals surface area contributed by atoms with Crippen molar-refractivity contribution < 1.29 is 0 Å². The van der Waals surface area contributed by atoms with E-state index in [9.17, 15) is 5.26 Å². The van der Waals surface area contributed by atoms with Crippen molar-refractivity contribution in [2.24, 2.45) is 0 Å². The van der Waals surface area contributed by atoms with Crippen LogP contribution in [-0.2, 0) is 5.41 Å². The van der Waals surface area contributed by atoms with E-state index in [0.29, 0.717) is 0 Å². The van der Waals surface area contributed by atoms with E-state index < -0.39 is 5.41 Å². The minimum Gasteiger partial charge on any atom is -0.197 e. The van der Waals surface area contributed by atoms with Gasteiger partial charge in [-0.15, -0.1) is 0 Å². The van der Waals surface area contributed by atoms with Gasteiger partial charge in [-0.05, 0) is 23.6 Å². The van der Waals surface area contributed by atoms with Crippen molar-refractivity contribution in [3.63, 3.8) is 0 Å². The summed E-state index contributed by atoms with van der Waals surface area (Å²) in [4.78, 5) is 0. The van der Waals surface area contributed by atoms with Gasteiger partial charge in [0.05, 0.1) is 11.5 Å². The highest BCUT2D eigenvalue weighted by atomic mass is 14.4. The van der Waals surface area contributed by atoms with Gasteiger partial charge in [0.25, 0.3) is 0 Å². The Morgan fingerprint density at radius 1 is 0.696 bits per heavy atom. The first-order valence-electron chi connectivity index (χ1n) is 7.82. The molecule has 23 heavy (non-hydrogen) atoms. The van der Waals surface area contributed by atoms with Crippen LogP contribution in [0.5, 0.6) is 0 Å². The molecule has 0 bridgehead atoms. The highest BCUT2D eigenvalue weighted by Crippen LogP contribution is 2.42. The maximum Gasteiger partial charge on any atom is 0.0902 e. The molecule has 0 saturated heterocycles. The number of hydrogen-bond acceptors (Lipinski definition) is 1. The van der Waals surface area contributed by atoms with Gasteiger partial charge >= 0.3 is 0 Å². The summed E-state index contributed by atoms with van der Waals surface area (Å²) in [6.07, 6.45) is 0. The van der Waals surface area contributed by atoms with Gasteiger partial charge in [0, 0.05) is 5.92 Å². The second kappa shape index (κ2) is 6.50. The fourth-order valence-corrected chi connectivity index (χ4v) is 3.23. The number of nitriles is 1. The van der Waals surface area contributed by atoms with Crippen LogP contribution in [0, 0.1) is 11.3 Å². The normalized spacial score (nSPS) is 13.3. The summed E-state index contributed by atoms with van der Waals surface area (Å²) in [7, 11) is 0. The van der Waals surface area contributed by atoms with Crippen molar-refractivity contribution in [3.05, 3.63) is 108 Å². The highest BCUT2D eigenvalue weighted by Gasteiger charge is 2.38. The zero-order valence-corrected chi connectivity index (χ0v) is 13.2. The summed E-state index contributed by atoms with van der Waals surface area (Å²) < 4.78 is 0. The maximum absolute atomic E-state index is 10.1. The lowest BCUT2D eigenvalue weighted by atomic mass is 9.67. The molecule has 1 heteroatoms. The van der Waals surface area contributed by atoms with E-state index >= 15 is 0 Å². The van der Waals surface area contributed by atoms with Gasteiger partial charge in [-0.2, -0.15) is 5.26 Å². The molecule has 0 aliphatic heterocycles. The van der Waals surface area contributed by atoms with E-state index in [0.717, 1.165) is 16.7 Å². The molecule has 3 aromatic carbocycles. The molecular weight excluding hydrogens is 278 g/mol. The molecule has 0 radical (unpaired) electrons. The average Bonchev–Trinajstić information content (AvgIpc) is 2.64. The van der Waals surface area contributed by atoms with Crippen molar-refractivity contribution in [1.82, 2.24) is 0 Å². The van der Waals surface area contributed by atoms with Crippen LogP contribution in [0.4, 0.5) is 0 Å². The summed E-state index contributed by atoms with van der Waals surface area (Å²) in [5.41, 5.74) is 2.72. The first-order valence-corrected chi connectivity index (χ1v) is 7.82. The Bertz CT molecular complexity index is 748. The van der Waals surface area contributed by atoms with Crippen LogP contribution in [-0.4, -0.2) is 0 Å². The fraction of sp³-hybridized carbons (Fsp3) is 0.136. The van der Waals surface area contributed by atoms with Crippen molar-refractivity contribution in [3.8, 4) is 6.07 Å². The van der Waals surface area contributed by atoms with Gasteiger partial charge in [-0.25, -0.2) is 0 Å². The Labute approximate surface area is 137 Å². The van der Waals surface area contributed by atoms with E-state index in [-0.39, 0.29) is 5.92 Å². The minimum atomic E-state index is -0.635. The molecule has 1 atom stereocenters. The summed E-state index contributed by atoms with van der Waals surface area (Å²) in [6, 6.07) is 33.3. The third kappa shape index (κ3) is 2.89. The molecular formula is C22H19N. The molecule has 0 aliphatic carbocycles. The molecule has 0 spiro atoms. The monoisotopic (exact) mass is 297 g/mol. The van der Waals surface area contributed by atoms with Gasteiger partial charge in [0.2, 0.25) is 0 Å². The first kappa shape index (κ1) is 15.1. The SMILES string of the molecule is C[C@@](C#N)(c1ccccc1)C(c1ccccc1)c1ccccc1. The quantitative estimate of drug-likeness (QED) is 0.641. The fourth-order valence-electron chi connectivity index (χ4n) is 3.23. The van der Waals surface area contributed by atoms with Gasteiger partial charge in [-0.1, -0.05) is 91.0 Å². The molecule has 1 nitrogen and oxygen atoms in total. The summed E-state index contributed by atoms with van der Waals surface area (Å²) in [5, 5.41) is 10.1. The summed E-state index contributed by atoms with van der Waals surface area (Å²) in [6.45, 7) is 2.03. The predicted molar refractivity (Wildman–Crippen MR) is 94.1 cm³/mol. The second-order valence-corrected chi connectivity index (χ2v) is 5.93. The molecule has 3 aromatic rings. The lowest BCUT2D eigenvalue weighted by molar-refractivity contribution is 0.531. The maximum atomic E-state index is 10.1. The summed E-state index contributed by atoms with van der Waals surface area (Å²) >= 11 is 0. The molecule has 0 saturated carbocycles. The standard InChI is InChI=1S/C22H19N/c1-22(17-23,20-15-9-4-10-16-20)21(18-11-5-2-6-12-18)19-13-7-3-8-14-19/h2-16,21H,1H3/t22-/m1/s1. The van der Waals surface area contributed by atoms with Crippen LogP contribution in [0.2, 0.25) is 0 Å². The van der Waals surface area contributed by atoms with Gasteiger partial charge < -0.3 is 0 Å². The molecule has 0 N–H and O–H groups in total. The first-order chi connectivity index (χ1) is 11.3. The van der Waals surface area contributed by atoms with E-state index in [1.807, 2.05) is 73.7 Å². The summed E-state index contributed by atoms with van der Waals surface area (Å²) in [5.74, 6) is -0.0164. The van der Waals surface area contributed by atoms with Gasteiger partial charge in [0.1, 0.15) is 0 Å². The Morgan fingerprint density at radius 2 is 1.09 bits per heavy atom. The zero-order chi connectivity index (χ0) is 16.1. The molecule has 0 amide bonds. The zero-order valence-electron chi connectivity index (χ0n) is 13.2. The molecule has 112 valence electrons.